The molecule has 0 saturated carbocycles. The van der Waals surface area contributed by atoms with Gasteiger partial charge in [0.25, 0.3) is 0 Å². The van der Waals surface area contributed by atoms with Crippen molar-refractivity contribution in [2.75, 3.05) is 0 Å². The summed E-state index contributed by atoms with van der Waals surface area (Å²) in [5.74, 6) is -5.10. The minimum absolute atomic E-state index is 0.272. The highest BCUT2D eigenvalue weighted by Crippen LogP contribution is 2.42. The van der Waals surface area contributed by atoms with Crippen LogP contribution < -0.4 is 0 Å². The number of halogens is 5. The van der Waals surface area contributed by atoms with Crippen LogP contribution in [0.15, 0.2) is 12.4 Å². The third-order valence-corrected chi connectivity index (χ3v) is 1.43. The molecule has 0 aliphatic heterocycles. The van der Waals surface area contributed by atoms with Gasteiger partial charge in [0.05, 0.1) is 12.4 Å². The molecule has 0 aromatic carbocycles. The van der Waals surface area contributed by atoms with Crippen LogP contribution in [0, 0.1) is 11.3 Å². The number of hydrogen-bond donors (Lipinski definition) is 0. The molecule has 0 bridgehead atoms. The SMILES string of the molecule is N#Cc1cncc(C(F)(F)C(F)(F)F)n1. The van der Waals surface area contributed by atoms with E-state index in [0.717, 1.165) is 6.20 Å². The van der Waals surface area contributed by atoms with Gasteiger partial charge in [-0.05, 0) is 0 Å². The Balaban J connectivity index is 3.23. The second-order valence-electron chi connectivity index (χ2n) is 2.47. The van der Waals surface area contributed by atoms with Crippen molar-refractivity contribution in [3.05, 3.63) is 23.8 Å². The van der Waals surface area contributed by atoms with Crippen LogP contribution >= 0.6 is 0 Å². The zero-order valence-corrected chi connectivity index (χ0v) is 6.89. The number of nitrogens with zero attached hydrogens (tertiary/aromatic N) is 3. The maximum Gasteiger partial charge on any atom is 0.459 e. The van der Waals surface area contributed by atoms with Gasteiger partial charge in [0.2, 0.25) is 0 Å². The van der Waals surface area contributed by atoms with Crippen LogP contribution in [0.4, 0.5) is 22.0 Å². The molecule has 80 valence electrons. The third-order valence-electron chi connectivity index (χ3n) is 1.43. The van der Waals surface area contributed by atoms with Gasteiger partial charge in [-0.2, -0.15) is 27.2 Å². The standard InChI is InChI=1S/C7H2F5N3/c8-6(9,7(10,11)12)5-3-14-2-4(1-13)15-5/h2-3H. The molecule has 0 atom stereocenters. The van der Waals surface area contributed by atoms with E-state index in [2.05, 4.69) is 9.97 Å². The normalized spacial score (nSPS) is 12.3. The van der Waals surface area contributed by atoms with E-state index in [1.807, 2.05) is 0 Å². The zero-order chi connectivity index (χ0) is 11.7. The summed E-state index contributed by atoms with van der Waals surface area (Å²) in [4.78, 5) is 5.91. The summed E-state index contributed by atoms with van der Waals surface area (Å²) >= 11 is 0. The molecule has 15 heavy (non-hydrogen) atoms. The van der Waals surface area contributed by atoms with Crippen LogP contribution in [-0.2, 0) is 5.92 Å². The highest BCUT2D eigenvalue weighted by molar-refractivity contribution is 5.19. The molecule has 0 saturated heterocycles. The van der Waals surface area contributed by atoms with Gasteiger partial charge in [0.1, 0.15) is 11.8 Å². The van der Waals surface area contributed by atoms with Crippen molar-refractivity contribution in [3.63, 3.8) is 0 Å². The fourth-order valence-corrected chi connectivity index (χ4v) is 0.716. The first-order valence-corrected chi connectivity index (χ1v) is 3.46. The van der Waals surface area contributed by atoms with Crippen LogP contribution in [-0.4, -0.2) is 16.1 Å². The van der Waals surface area contributed by atoms with Crippen molar-refractivity contribution in [1.82, 2.24) is 9.97 Å². The van der Waals surface area contributed by atoms with Gasteiger partial charge >= 0.3 is 12.1 Å². The average Bonchev–Trinajstić information content (AvgIpc) is 2.16. The lowest BCUT2D eigenvalue weighted by molar-refractivity contribution is -0.291. The van der Waals surface area contributed by atoms with Crippen LogP contribution in [0.1, 0.15) is 11.4 Å². The van der Waals surface area contributed by atoms with Gasteiger partial charge in [0.15, 0.2) is 5.69 Å². The number of alkyl halides is 5. The quantitative estimate of drug-likeness (QED) is 0.684. The molecule has 0 fully saturated rings. The van der Waals surface area contributed by atoms with E-state index in [-0.39, 0.29) is 6.20 Å². The minimum atomic E-state index is -5.75. The molecule has 8 heteroatoms. The van der Waals surface area contributed by atoms with Crippen molar-refractivity contribution < 1.29 is 22.0 Å². The largest absolute Gasteiger partial charge is 0.459 e. The van der Waals surface area contributed by atoms with Crippen molar-refractivity contribution in [3.8, 4) is 6.07 Å². The number of nitriles is 1. The van der Waals surface area contributed by atoms with E-state index >= 15 is 0 Å². The van der Waals surface area contributed by atoms with E-state index in [4.69, 9.17) is 5.26 Å². The number of hydrogen-bond acceptors (Lipinski definition) is 3. The maximum atomic E-state index is 12.6. The molecule has 3 nitrogen and oxygen atoms in total. The molecule has 1 rings (SSSR count). The predicted molar refractivity (Wildman–Crippen MR) is 36.7 cm³/mol. The summed E-state index contributed by atoms with van der Waals surface area (Å²) in [5, 5.41) is 8.25. The van der Waals surface area contributed by atoms with Gasteiger partial charge < -0.3 is 0 Å². The fraction of sp³-hybridized carbons (Fsp3) is 0.286. The molecule has 0 aliphatic rings. The van der Waals surface area contributed by atoms with Gasteiger partial charge in [-0.25, -0.2) is 4.98 Å². The van der Waals surface area contributed by atoms with Crippen LogP contribution in [0.2, 0.25) is 0 Å². The lowest BCUT2D eigenvalue weighted by Gasteiger charge is -2.18. The van der Waals surface area contributed by atoms with Crippen molar-refractivity contribution in [2.45, 2.75) is 12.1 Å². The molecule has 1 heterocycles. The summed E-state index contributed by atoms with van der Waals surface area (Å²) in [6.45, 7) is 0. The molecule has 0 aliphatic carbocycles. The first-order chi connectivity index (χ1) is 6.79. The first-order valence-electron chi connectivity index (χ1n) is 3.46. The van der Waals surface area contributed by atoms with Crippen LogP contribution in [0.3, 0.4) is 0 Å². The second-order valence-corrected chi connectivity index (χ2v) is 2.47. The Hall–Kier alpha value is -1.78. The Labute approximate surface area is 80.2 Å². The lowest BCUT2D eigenvalue weighted by atomic mass is 10.2. The van der Waals surface area contributed by atoms with Crippen molar-refractivity contribution >= 4 is 0 Å². The van der Waals surface area contributed by atoms with Crippen molar-refractivity contribution in [1.29, 1.82) is 5.26 Å². The summed E-state index contributed by atoms with van der Waals surface area (Å²) in [6, 6.07) is 1.32. The monoisotopic (exact) mass is 223 g/mol. The molecular weight excluding hydrogens is 221 g/mol. The minimum Gasteiger partial charge on any atom is -0.260 e. The molecular formula is C7H2F5N3. The van der Waals surface area contributed by atoms with Crippen LogP contribution in [0.25, 0.3) is 0 Å². The molecule has 0 radical (unpaired) electrons. The Morgan fingerprint density at radius 2 is 1.73 bits per heavy atom. The smallest absolute Gasteiger partial charge is 0.260 e. The molecule has 0 unspecified atom stereocenters. The lowest BCUT2D eigenvalue weighted by Crippen LogP contribution is -2.34. The molecule has 0 spiro atoms. The highest BCUT2D eigenvalue weighted by Gasteiger charge is 2.60. The number of rotatable bonds is 1. The summed E-state index contributed by atoms with van der Waals surface area (Å²) in [7, 11) is 0. The maximum absolute atomic E-state index is 12.6. The molecule has 1 aromatic rings. The zero-order valence-electron chi connectivity index (χ0n) is 6.89. The van der Waals surface area contributed by atoms with E-state index in [1.165, 1.54) is 6.07 Å². The number of aromatic nitrogens is 2. The van der Waals surface area contributed by atoms with E-state index in [0.29, 0.717) is 0 Å². The second kappa shape index (κ2) is 3.42. The topological polar surface area (TPSA) is 49.6 Å². The highest BCUT2D eigenvalue weighted by atomic mass is 19.4. The van der Waals surface area contributed by atoms with Gasteiger partial charge in [0, 0.05) is 0 Å². The van der Waals surface area contributed by atoms with Gasteiger partial charge in [-0.1, -0.05) is 0 Å². The third kappa shape index (κ3) is 2.01. The van der Waals surface area contributed by atoms with E-state index in [9.17, 15) is 22.0 Å². The van der Waals surface area contributed by atoms with E-state index < -0.39 is 23.5 Å². The molecule has 0 N–H and O–H groups in total. The van der Waals surface area contributed by atoms with E-state index in [1.54, 1.807) is 0 Å². The Morgan fingerprint density at radius 3 is 2.20 bits per heavy atom. The Morgan fingerprint density at radius 1 is 1.13 bits per heavy atom. The predicted octanol–water partition coefficient (Wildman–Crippen LogP) is 2.00. The van der Waals surface area contributed by atoms with Gasteiger partial charge in [-0.15, -0.1) is 0 Å². The summed E-state index contributed by atoms with van der Waals surface area (Å²) in [6.07, 6.45) is -4.69. The average molecular weight is 223 g/mol. The fourth-order valence-electron chi connectivity index (χ4n) is 0.716. The van der Waals surface area contributed by atoms with Crippen LogP contribution in [0.5, 0.6) is 0 Å². The van der Waals surface area contributed by atoms with Crippen molar-refractivity contribution in [2.24, 2.45) is 0 Å². The summed E-state index contributed by atoms with van der Waals surface area (Å²) < 4.78 is 60.8. The Kier molecular flexibility index (Phi) is 2.57. The van der Waals surface area contributed by atoms with Gasteiger partial charge in [-0.3, -0.25) is 4.98 Å². The Bertz CT molecular complexity index is 406. The summed E-state index contributed by atoms with van der Waals surface area (Å²) in [5.41, 5.74) is -2.19. The first kappa shape index (κ1) is 11.3. The molecule has 0 amide bonds. The molecule has 1 aromatic heterocycles.